The molecular weight excluding hydrogens is 458 g/mol. The number of nitrogens with zero attached hydrogens (tertiary/aromatic N) is 1. The van der Waals surface area contributed by atoms with Crippen LogP contribution in [0.5, 0.6) is 5.75 Å². The van der Waals surface area contributed by atoms with Gasteiger partial charge in [0.15, 0.2) is 0 Å². The Morgan fingerprint density at radius 3 is 2.11 bits per heavy atom. The fraction of sp³-hybridized carbons (Fsp3) is 0.679. The molecule has 0 aromatic heterocycles. The topological polar surface area (TPSA) is 108 Å². The van der Waals surface area contributed by atoms with Gasteiger partial charge in [0, 0.05) is 17.6 Å². The predicted octanol–water partition coefficient (Wildman–Crippen LogP) is 5.31. The predicted molar refractivity (Wildman–Crippen MR) is 143 cm³/mol. The van der Waals surface area contributed by atoms with E-state index in [-0.39, 0.29) is 11.7 Å². The number of carbonyl (C=O) groups excluding carboxylic acids is 3. The molecule has 0 saturated carbocycles. The number of ether oxygens (including phenoxy) is 1. The number of aromatic hydroxyl groups is 1. The van der Waals surface area contributed by atoms with Crippen molar-refractivity contribution in [2.24, 2.45) is 5.92 Å². The quantitative estimate of drug-likeness (QED) is 0.353. The molecule has 0 aliphatic heterocycles. The van der Waals surface area contributed by atoms with Crippen molar-refractivity contribution >= 4 is 17.9 Å². The second-order valence-electron chi connectivity index (χ2n) is 11.7. The number of nitrogens with one attached hydrogen (secondary N) is 2. The third-order valence-corrected chi connectivity index (χ3v) is 5.43. The summed E-state index contributed by atoms with van der Waals surface area (Å²) in [7, 11) is 0. The average Bonchev–Trinajstić information content (AvgIpc) is 2.72. The molecule has 0 saturated heterocycles. The Bertz CT molecular complexity index is 871. The number of unbranched alkanes of at least 4 members (excludes halogenated alkanes) is 3. The number of para-hydroxylation sites is 1. The van der Waals surface area contributed by atoms with Crippen molar-refractivity contribution in [2.45, 2.75) is 111 Å². The highest BCUT2D eigenvalue weighted by atomic mass is 16.6. The fourth-order valence-electron chi connectivity index (χ4n) is 3.81. The van der Waals surface area contributed by atoms with E-state index in [1.807, 2.05) is 34.6 Å². The van der Waals surface area contributed by atoms with Gasteiger partial charge in [0.05, 0.1) is 0 Å². The number of hydrogen-bond acceptors (Lipinski definition) is 5. The van der Waals surface area contributed by atoms with E-state index >= 15 is 0 Å². The van der Waals surface area contributed by atoms with Gasteiger partial charge in [-0.15, -0.1) is 0 Å². The molecule has 0 heterocycles. The van der Waals surface area contributed by atoms with E-state index in [0.29, 0.717) is 18.5 Å². The summed E-state index contributed by atoms with van der Waals surface area (Å²) in [6.45, 7) is 16.9. The number of phenolic OH excluding ortho intramolecular Hbond substituents is 1. The Morgan fingerprint density at radius 2 is 1.61 bits per heavy atom. The van der Waals surface area contributed by atoms with Crippen LogP contribution < -0.4 is 10.6 Å². The number of carbonyl (C=O) groups is 3. The molecule has 0 aliphatic carbocycles. The molecular formula is C28H47N3O5. The fourth-order valence-corrected chi connectivity index (χ4v) is 3.81. The van der Waals surface area contributed by atoms with Crippen LogP contribution in [0.3, 0.4) is 0 Å². The highest BCUT2D eigenvalue weighted by molar-refractivity contribution is 5.92. The molecule has 8 nitrogen and oxygen atoms in total. The van der Waals surface area contributed by atoms with Crippen LogP contribution in [0.1, 0.15) is 99.6 Å². The first kappa shape index (κ1) is 31.3. The summed E-state index contributed by atoms with van der Waals surface area (Å²) in [4.78, 5) is 41.7. The summed E-state index contributed by atoms with van der Waals surface area (Å²) in [6, 6.07) is 4.57. The molecule has 8 heteroatoms. The van der Waals surface area contributed by atoms with Crippen molar-refractivity contribution in [3.63, 3.8) is 0 Å². The van der Waals surface area contributed by atoms with E-state index in [4.69, 9.17) is 4.74 Å². The van der Waals surface area contributed by atoms with Crippen molar-refractivity contribution in [2.75, 3.05) is 6.54 Å². The number of hydrogen-bond donors (Lipinski definition) is 3. The molecule has 1 aromatic rings. The third kappa shape index (κ3) is 10.5. The SMILES string of the molecule is CCCCCCN(C(=O)C(NC(=O)OC(C)(C)C)C(C)C)C(C(=O)NC(C)(C)C)c1ccccc1O. The minimum Gasteiger partial charge on any atom is -0.508 e. The van der Waals surface area contributed by atoms with E-state index in [9.17, 15) is 19.5 Å². The minimum atomic E-state index is -1.07. The highest BCUT2D eigenvalue weighted by Gasteiger charge is 2.39. The molecule has 36 heavy (non-hydrogen) atoms. The van der Waals surface area contributed by atoms with Gasteiger partial charge in [0.1, 0.15) is 23.4 Å². The third-order valence-electron chi connectivity index (χ3n) is 5.43. The van der Waals surface area contributed by atoms with Gasteiger partial charge in [0.2, 0.25) is 11.8 Å². The van der Waals surface area contributed by atoms with Gasteiger partial charge in [0.25, 0.3) is 0 Å². The Morgan fingerprint density at radius 1 is 1.00 bits per heavy atom. The molecule has 1 rings (SSSR count). The molecule has 2 unspecified atom stereocenters. The van der Waals surface area contributed by atoms with Crippen molar-refractivity contribution in [3.8, 4) is 5.75 Å². The van der Waals surface area contributed by atoms with Crippen molar-refractivity contribution in [3.05, 3.63) is 29.8 Å². The second kappa shape index (κ2) is 13.5. The van der Waals surface area contributed by atoms with Crippen molar-refractivity contribution in [1.82, 2.24) is 15.5 Å². The van der Waals surface area contributed by atoms with E-state index < -0.39 is 41.1 Å². The zero-order chi connectivity index (χ0) is 27.7. The molecule has 0 aliphatic rings. The van der Waals surface area contributed by atoms with Crippen LogP contribution >= 0.6 is 0 Å². The molecule has 0 fully saturated rings. The molecule has 3 N–H and O–H groups in total. The Kier molecular flexibility index (Phi) is 11.7. The Balaban J connectivity index is 3.51. The summed E-state index contributed by atoms with van der Waals surface area (Å²) < 4.78 is 5.40. The minimum absolute atomic E-state index is 0.0703. The van der Waals surface area contributed by atoms with Crippen LogP contribution in [0, 0.1) is 5.92 Å². The molecule has 2 atom stereocenters. The molecule has 0 radical (unpaired) electrons. The summed E-state index contributed by atoms with van der Waals surface area (Å²) in [5, 5.41) is 16.4. The van der Waals surface area contributed by atoms with Gasteiger partial charge in [-0.25, -0.2) is 4.79 Å². The van der Waals surface area contributed by atoms with E-state index in [1.165, 1.54) is 11.0 Å². The van der Waals surface area contributed by atoms with Crippen molar-refractivity contribution < 1.29 is 24.2 Å². The first-order valence-corrected chi connectivity index (χ1v) is 13.0. The molecule has 204 valence electrons. The van der Waals surface area contributed by atoms with Crippen LogP contribution in [-0.2, 0) is 14.3 Å². The van der Waals surface area contributed by atoms with Gasteiger partial charge < -0.3 is 25.4 Å². The van der Waals surface area contributed by atoms with Gasteiger partial charge in [-0.2, -0.15) is 0 Å². The lowest BCUT2D eigenvalue weighted by Gasteiger charge is -2.37. The second-order valence-corrected chi connectivity index (χ2v) is 11.7. The number of benzene rings is 1. The highest BCUT2D eigenvalue weighted by Crippen LogP contribution is 2.31. The summed E-state index contributed by atoms with van der Waals surface area (Å²) >= 11 is 0. The zero-order valence-electron chi connectivity index (χ0n) is 23.6. The average molecular weight is 506 g/mol. The Hall–Kier alpha value is -2.77. The van der Waals surface area contributed by atoms with E-state index in [2.05, 4.69) is 17.6 Å². The van der Waals surface area contributed by atoms with Crippen LogP contribution in [0.15, 0.2) is 24.3 Å². The lowest BCUT2D eigenvalue weighted by Crippen LogP contribution is -2.56. The lowest BCUT2D eigenvalue weighted by molar-refractivity contribution is -0.144. The van der Waals surface area contributed by atoms with Gasteiger partial charge in [-0.1, -0.05) is 58.2 Å². The molecule has 0 bridgehead atoms. The molecule has 3 amide bonds. The molecule has 1 aromatic carbocycles. The van der Waals surface area contributed by atoms with Crippen LogP contribution in [-0.4, -0.2) is 51.6 Å². The number of phenols is 1. The maximum absolute atomic E-state index is 14.0. The van der Waals surface area contributed by atoms with Gasteiger partial charge >= 0.3 is 6.09 Å². The van der Waals surface area contributed by atoms with Crippen molar-refractivity contribution in [1.29, 1.82) is 0 Å². The van der Waals surface area contributed by atoms with Gasteiger partial charge in [-0.3, -0.25) is 9.59 Å². The standard InChI is InChI=1S/C28H47N3O5/c1-10-11-12-15-18-31(25(34)22(19(2)3)29-26(35)36-28(7,8)9)23(24(33)30-27(4,5)6)20-16-13-14-17-21(20)32/h13-14,16-17,19,22-23,32H,10-12,15,18H2,1-9H3,(H,29,35)(H,30,33). The molecule has 0 spiro atoms. The number of alkyl carbamates (subject to hydrolysis) is 1. The smallest absolute Gasteiger partial charge is 0.408 e. The zero-order valence-corrected chi connectivity index (χ0v) is 23.6. The summed E-state index contributed by atoms with van der Waals surface area (Å²) in [5.74, 6) is -1.13. The number of amides is 3. The first-order chi connectivity index (χ1) is 16.6. The summed E-state index contributed by atoms with van der Waals surface area (Å²) in [5.41, 5.74) is -0.939. The number of rotatable bonds is 11. The largest absolute Gasteiger partial charge is 0.508 e. The van der Waals surface area contributed by atoms with E-state index in [0.717, 1.165) is 19.3 Å². The monoisotopic (exact) mass is 505 g/mol. The van der Waals surface area contributed by atoms with Crippen LogP contribution in [0.2, 0.25) is 0 Å². The van der Waals surface area contributed by atoms with E-state index in [1.54, 1.807) is 39.0 Å². The Labute approximate surface area is 217 Å². The van der Waals surface area contributed by atoms with Gasteiger partial charge in [-0.05, 0) is 59.9 Å². The first-order valence-electron chi connectivity index (χ1n) is 13.0. The summed E-state index contributed by atoms with van der Waals surface area (Å²) in [6.07, 6.45) is 2.90. The maximum Gasteiger partial charge on any atom is 0.408 e. The maximum atomic E-state index is 14.0. The normalized spacial score (nSPS) is 13.6. The van der Waals surface area contributed by atoms with Crippen LogP contribution in [0.4, 0.5) is 4.79 Å². The van der Waals surface area contributed by atoms with Crippen LogP contribution in [0.25, 0.3) is 0 Å². The lowest BCUT2D eigenvalue weighted by atomic mass is 9.97.